The van der Waals surface area contributed by atoms with Gasteiger partial charge in [0.25, 0.3) is 5.91 Å². The van der Waals surface area contributed by atoms with Crippen molar-refractivity contribution in [1.29, 1.82) is 0 Å². The standard InChI is InChI=1S/C31H31ClN6O/c1-37-16-14-26(15-17-37)33-25-12-8-22(9-13-25)31(39)34-30-19-27(35-36-30)29-18-23-4-2-3-5-28(23)38(29)20-21-6-10-24(32)11-7-21/h2-13,18-19,26,33H,14-17,20H2,1H3,(H2,34,35,36,39). The average Bonchev–Trinajstić information content (AvgIpc) is 3.56. The number of aromatic amines is 1. The van der Waals surface area contributed by atoms with Gasteiger partial charge in [0.05, 0.1) is 5.69 Å². The number of benzene rings is 3. The van der Waals surface area contributed by atoms with E-state index in [4.69, 9.17) is 11.6 Å². The number of carbonyl (C=O) groups is 1. The molecule has 6 rings (SSSR count). The number of hydrogen-bond donors (Lipinski definition) is 3. The van der Waals surface area contributed by atoms with Crippen molar-refractivity contribution in [2.24, 2.45) is 0 Å². The van der Waals surface area contributed by atoms with Gasteiger partial charge in [-0.05, 0) is 87.1 Å². The van der Waals surface area contributed by atoms with E-state index in [2.05, 4.69) is 55.5 Å². The van der Waals surface area contributed by atoms with Crippen molar-refractivity contribution < 1.29 is 4.79 Å². The number of halogens is 1. The summed E-state index contributed by atoms with van der Waals surface area (Å²) in [6.45, 7) is 2.88. The Bertz CT molecular complexity index is 1580. The molecule has 0 radical (unpaired) electrons. The molecule has 5 aromatic rings. The third-order valence-electron chi connectivity index (χ3n) is 7.39. The van der Waals surface area contributed by atoms with Gasteiger partial charge in [0, 0.05) is 45.8 Å². The number of nitrogens with zero attached hydrogens (tertiary/aromatic N) is 3. The topological polar surface area (TPSA) is 78.0 Å². The molecule has 0 spiro atoms. The van der Waals surface area contributed by atoms with E-state index in [1.54, 1.807) is 0 Å². The average molecular weight is 539 g/mol. The number of anilines is 2. The van der Waals surface area contributed by atoms with Gasteiger partial charge >= 0.3 is 0 Å². The zero-order valence-corrected chi connectivity index (χ0v) is 22.6. The lowest BCUT2D eigenvalue weighted by Crippen LogP contribution is -2.36. The van der Waals surface area contributed by atoms with Gasteiger partial charge in [-0.15, -0.1) is 0 Å². The van der Waals surface area contributed by atoms with E-state index in [-0.39, 0.29) is 5.91 Å². The highest BCUT2D eigenvalue weighted by molar-refractivity contribution is 6.30. The van der Waals surface area contributed by atoms with E-state index in [1.807, 2.05) is 66.7 Å². The van der Waals surface area contributed by atoms with Crippen LogP contribution in [0.2, 0.25) is 5.02 Å². The first-order valence-corrected chi connectivity index (χ1v) is 13.6. The van der Waals surface area contributed by atoms with Crippen LogP contribution in [0.25, 0.3) is 22.3 Å². The van der Waals surface area contributed by atoms with Gasteiger partial charge in [-0.3, -0.25) is 9.89 Å². The number of hydrogen-bond acceptors (Lipinski definition) is 4. The number of amides is 1. The normalized spacial score (nSPS) is 14.5. The minimum absolute atomic E-state index is 0.183. The Morgan fingerprint density at radius 3 is 2.51 bits per heavy atom. The van der Waals surface area contributed by atoms with Crippen LogP contribution in [0.1, 0.15) is 28.8 Å². The molecule has 0 saturated carbocycles. The van der Waals surface area contributed by atoms with Crippen molar-refractivity contribution in [2.75, 3.05) is 30.8 Å². The summed E-state index contributed by atoms with van der Waals surface area (Å²) in [7, 11) is 2.16. The van der Waals surface area contributed by atoms with Gasteiger partial charge < -0.3 is 20.1 Å². The van der Waals surface area contributed by atoms with Crippen LogP contribution in [-0.4, -0.2) is 51.8 Å². The van der Waals surface area contributed by atoms with Crippen LogP contribution < -0.4 is 10.6 Å². The highest BCUT2D eigenvalue weighted by Gasteiger charge is 2.17. The molecule has 0 atom stereocenters. The minimum Gasteiger partial charge on any atom is -0.382 e. The second kappa shape index (κ2) is 11.0. The molecule has 3 aromatic carbocycles. The van der Waals surface area contributed by atoms with Gasteiger partial charge in [-0.1, -0.05) is 41.9 Å². The first-order chi connectivity index (χ1) is 19.0. The highest BCUT2D eigenvalue weighted by atomic mass is 35.5. The number of nitrogens with one attached hydrogen (secondary N) is 3. The summed E-state index contributed by atoms with van der Waals surface area (Å²) < 4.78 is 2.23. The van der Waals surface area contributed by atoms with Crippen molar-refractivity contribution >= 4 is 39.9 Å². The quantitative estimate of drug-likeness (QED) is 0.221. The maximum Gasteiger partial charge on any atom is 0.256 e. The zero-order valence-electron chi connectivity index (χ0n) is 21.8. The molecule has 2 aromatic heterocycles. The van der Waals surface area contributed by atoms with E-state index in [9.17, 15) is 4.79 Å². The number of piperidine rings is 1. The molecule has 198 valence electrons. The summed E-state index contributed by atoms with van der Waals surface area (Å²) >= 11 is 6.10. The molecule has 8 heteroatoms. The second-order valence-electron chi connectivity index (χ2n) is 10.2. The molecule has 1 amide bonds. The van der Waals surface area contributed by atoms with E-state index < -0.39 is 0 Å². The number of likely N-dealkylation sites (tertiary alicyclic amines) is 1. The van der Waals surface area contributed by atoms with Crippen LogP contribution in [0.15, 0.2) is 84.9 Å². The Kier molecular flexibility index (Phi) is 7.09. The third kappa shape index (κ3) is 5.70. The first-order valence-electron chi connectivity index (χ1n) is 13.3. The van der Waals surface area contributed by atoms with Crippen molar-refractivity contribution in [1.82, 2.24) is 19.7 Å². The number of para-hydroxylation sites is 1. The maximum absolute atomic E-state index is 13.0. The number of rotatable bonds is 7. The maximum atomic E-state index is 13.0. The lowest BCUT2D eigenvalue weighted by Gasteiger charge is -2.30. The van der Waals surface area contributed by atoms with Gasteiger partial charge in [-0.2, -0.15) is 5.10 Å². The minimum atomic E-state index is -0.183. The van der Waals surface area contributed by atoms with Crippen LogP contribution in [0.5, 0.6) is 0 Å². The summed E-state index contributed by atoms with van der Waals surface area (Å²) in [4.78, 5) is 15.3. The van der Waals surface area contributed by atoms with Crippen molar-refractivity contribution in [2.45, 2.75) is 25.4 Å². The molecular formula is C31H31ClN6O. The van der Waals surface area contributed by atoms with Crippen molar-refractivity contribution in [3.8, 4) is 11.4 Å². The van der Waals surface area contributed by atoms with E-state index in [0.29, 0.717) is 29.0 Å². The van der Waals surface area contributed by atoms with Gasteiger partial charge in [0.15, 0.2) is 0 Å². The van der Waals surface area contributed by atoms with Crippen LogP contribution in [0, 0.1) is 0 Å². The molecule has 7 nitrogen and oxygen atoms in total. The second-order valence-corrected chi connectivity index (χ2v) is 10.7. The molecule has 3 heterocycles. The number of aromatic nitrogens is 3. The molecule has 0 aliphatic carbocycles. The van der Waals surface area contributed by atoms with Crippen LogP contribution in [-0.2, 0) is 6.54 Å². The summed E-state index contributed by atoms with van der Waals surface area (Å²) in [5.74, 6) is 0.365. The highest BCUT2D eigenvalue weighted by Crippen LogP contribution is 2.29. The monoisotopic (exact) mass is 538 g/mol. The van der Waals surface area contributed by atoms with E-state index in [1.165, 1.54) is 0 Å². The molecule has 1 fully saturated rings. The zero-order chi connectivity index (χ0) is 26.8. The first kappa shape index (κ1) is 25.2. The summed E-state index contributed by atoms with van der Waals surface area (Å²) in [5, 5.41) is 15.9. The number of H-pyrrole nitrogens is 1. The molecular weight excluding hydrogens is 508 g/mol. The fourth-order valence-electron chi connectivity index (χ4n) is 5.18. The lowest BCUT2D eigenvalue weighted by atomic mass is 10.0. The van der Waals surface area contributed by atoms with E-state index in [0.717, 1.165) is 59.5 Å². The lowest BCUT2D eigenvalue weighted by molar-refractivity contribution is 0.102. The molecule has 0 bridgehead atoms. The van der Waals surface area contributed by atoms with Gasteiger partial charge in [0.2, 0.25) is 0 Å². The van der Waals surface area contributed by atoms with E-state index >= 15 is 0 Å². The van der Waals surface area contributed by atoms with Crippen LogP contribution in [0.4, 0.5) is 11.5 Å². The Balaban J connectivity index is 1.17. The molecule has 39 heavy (non-hydrogen) atoms. The Hall–Kier alpha value is -4.07. The third-order valence-corrected chi connectivity index (χ3v) is 7.64. The molecule has 0 unspecified atom stereocenters. The van der Waals surface area contributed by atoms with Crippen LogP contribution >= 0.6 is 11.6 Å². The van der Waals surface area contributed by atoms with Crippen molar-refractivity contribution in [3.63, 3.8) is 0 Å². The Labute approximate surface area is 232 Å². The predicted octanol–water partition coefficient (Wildman–Crippen LogP) is 6.49. The number of fused-ring (bicyclic) bond motifs is 1. The van der Waals surface area contributed by atoms with Crippen LogP contribution in [0.3, 0.4) is 0 Å². The van der Waals surface area contributed by atoms with Gasteiger partial charge in [0.1, 0.15) is 11.5 Å². The summed E-state index contributed by atoms with van der Waals surface area (Å²) in [6, 6.07) is 28.3. The molecule has 1 aliphatic heterocycles. The number of carbonyl (C=O) groups excluding carboxylic acids is 1. The Morgan fingerprint density at radius 1 is 1.00 bits per heavy atom. The largest absolute Gasteiger partial charge is 0.382 e. The van der Waals surface area contributed by atoms with Crippen molar-refractivity contribution in [3.05, 3.63) is 101 Å². The SMILES string of the molecule is CN1CCC(Nc2ccc(C(=O)Nc3cc(-c4cc5ccccc5n4Cc4ccc(Cl)cc4)n[nH]3)cc2)CC1. The Morgan fingerprint density at radius 2 is 1.74 bits per heavy atom. The fourth-order valence-corrected chi connectivity index (χ4v) is 5.31. The predicted molar refractivity (Wildman–Crippen MR) is 159 cm³/mol. The summed E-state index contributed by atoms with van der Waals surface area (Å²) in [6.07, 6.45) is 2.25. The molecule has 1 aliphatic rings. The van der Waals surface area contributed by atoms with Gasteiger partial charge in [-0.25, -0.2) is 0 Å². The summed E-state index contributed by atoms with van der Waals surface area (Å²) in [5.41, 5.74) is 5.61. The molecule has 3 N–H and O–H groups in total. The fraction of sp³-hybridized carbons (Fsp3) is 0.226. The molecule has 1 saturated heterocycles. The smallest absolute Gasteiger partial charge is 0.256 e.